The molecule has 2 rings (SSSR count). The minimum atomic E-state index is -0.933. The number of carbonyl (C=O) groups excluding carboxylic acids is 1. The first-order valence-electron chi connectivity index (χ1n) is 12.0. The molecular weight excluding hydrogens is 414 g/mol. The Morgan fingerprint density at radius 1 is 0.788 bits per heavy atom. The average molecular weight is 456 g/mol. The van der Waals surface area contributed by atoms with Crippen molar-refractivity contribution in [3.05, 3.63) is 65.2 Å². The summed E-state index contributed by atoms with van der Waals surface area (Å²) < 4.78 is 0. The van der Waals surface area contributed by atoms with Crippen molar-refractivity contribution in [1.82, 2.24) is 11.5 Å². The second-order valence-corrected chi connectivity index (χ2v) is 8.33. The Labute approximate surface area is 198 Å². The third kappa shape index (κ3) is 11.0. The fourth-order valence-electron chi connectivity index (χ4n) is 3.74. The van der Waals surface area contributed by atoms with Gasteiger partial charge in [-0.2, -0.15) is 0 Å². The van der Waals surface area contributed by atoms with Gasteiger partial charge in [-0.3, -0.25) is 4.79 Å². The molecule has 6 N–H and O–H groups in total. The van der Waals surface area contributed by atoms with E-state index in [1.54, 1.807) is 30.3 Å². The quantitative estimate of drug-likeness (QED) is 0.208. The van der Waals surface area contributed by atoms with Crippen LogP contribution in [-0.2, 0) is 6.54 Å². The van der Waals surface area contributed by atoms with Crippen molar-refractivity contribution in [2.75, 3.05) is 11.9 Å². The first kappa shape index (κ1) is 28.2. The van der Waals surface area contributed by atoms with E-state index in [4.69, 9.17) is 0 Å². The molecular formula is C27H41N3O3. The number of amides is 1. The van der Waals surface area contributed by atoms with Crippen molar-refractivity contribution >= 4 is 17.6 Å². The molecule has 2 aromatic carbocycles. The maximum Gasteiger partial charge on any atom is 0.336 e. The fraction of sp³-hybridized carbons (Fsp3) is 0.481. The van der Waals surface area contributed by atoms with E-state index in [9.17, 15) is 14.7 Å². The number of anilines is 1. The van der Waals surface area contributed by atoms with Crippen LogP contribution in [0.2, 0.25) is 0 Å². The highest BCUT2D eigenvalue weighted by Gasteiger charge is 2.09. The maximum absolute atomic E-state index is 12.3. The van der Waals surface area contributed by atoms with Gasteiger partial charge in [0.1, 0.15) is 0 Å². The molecule has 6 nitrogen and oxygen atoms in total. The van der Waals surface area contributed by atoms with Crippen molar-refractivity contribution in [3.63, 3.8) is 0 Å². The van der Waals surface area contributed by atoms with Crippen molar-refractivity contribution < 1.29 is 14.7 Å². The molecule has 6 heteroatoms. The zero-order valence-corrected chi connectivity index (χ0v) is 20.1. The van der Waals surface area contributed by atoms with E-state index in [0.717, 1.165) is 24.1 Å². The summed E-state index contributed by atoms with van der Waals surface area (Å²) in [5.41, 5.74) is 2.49. The lowest BCUT2D eigenvalue weighted by Crippen LogP contribution is -2.24. The molecule has 0 saturated heterocycles. The number of nitrogens with one attached hydrogen (secondary N) is 2. The van der Waals surface area contributed by atoms with Crippen LogP contribution in [0.25, 0.3) is 0 Å². The van der Waals surface area contributed by atoms with Gasteiger partial charge in [-0.1, -0.05) is 82.9 Å². The van der Waals surface area contributed by atoms with Gasteiger partial charge in [0.05, 0.1) is 5.56 Å². The number of carbonyl (C=O) groups is 2. The molecule has 0 aromatic heterocycles. The molecule has 0 spiro atoms. The molecule has 33 heavy (non-hydrogen) atoms. The Hall–Kier alpha value is -2.86. The van der Waals surface area contributed by atoms with Crippen LogP contribution in [0.3, 0.4) is 0 Å². The van der Waals surface area contributed by atoms with Crippen LogP contribution < -0.4 is 16.8 Å². The Kier molecular flexibility index (Phi) is 14.3. The van der Waals surface area contributed by atoms with E-state index >= 15 is 0 Å². The number of unbranched alkanes of at least 4 members (excludes halogenated alkanes) is 9. The zero-order chi connectivity index (χ0) is 23.0. The highest BCUT2D eigenvalue weighted by atomic mass is 16.4. The highest BCUT2D eigenvalue weighted by molar-refractivity contribution is 5.94. The first-order chi connectivity index (χ1) is 15.6. The van der Waals surface area contributed by atoms with Crippen molar-refractivity contribution in [1.29, 1.82) is 0 Å². The van der Waals surface area contributed by atoms with Gasteiger partial charge in [-0.15, -0.1) is 0 Å². The first-order valence-corrected chi connectivity index (χ1v) is 12.0. The van der Waals surface area contributed by atoms with Crippen LogP contribution >= 0.6 is 0 Å². The molecule has 2 aromatic rings. The lowest BCUT2D eigenvalue weighted by atomic mass is 10.1. The molecule has 0 aliphatic carbocycles. The van der Waals surface area contributed by atoms with Gasteiger partial charge in [0, 0.05) is 24.3 Å². The molecule has 0 aliphatic rings. The summed E-state index contributed by atoms with van der Waals surface area (Å²) in [6.45, 7) is 3.37. The van der Waals surface area contributed by atoms with Crippen LogP contribution in [0.5, 0.6) is 0 Å². The van der Waals surface area contributed by atoms with Gasteiger partial charge >= 0.3 is 5.97 Å². The minimum Gasteiger partial charge on any atom is -0.478 e. The van der Waals surface area contributed by atoms with Gasteiger partial charge in [-0.05, 0) is 42.3 Å². The standard InChI is InChI=1S/C27H38N2O3.H3N/c1-2-3-4-5-6-7-8-9-10-13-20-28-26(30)22-16-18-24(19-17-22)29-21-23-14-11-12-15-25(23)27(31)32;/h11-12,14-19,29H,2-10,13,20-21H2,1H3,(H,28,30)(H,31,32);1H3. The van der Waals surface area contributed by atoms with E-state index in [1.165, 1.54) is 51.4 Å². The van der Waals surface area contributed by atoms with Gasteiger partial charge < -0.3 is 21.9 Å². The topological polar surface area (TPSA) is 113 Å². The van der Waals surface area contributed by atoms with Gasteiger partial charge in [-0.25, -0.2) is 4.79 Å². The van der Waals surface area contributed by atoms with Crippen LogP contribution in [0.1, 0.15) is 97.4 Å². The molecule has 1 amide bonds. The van der Waals surface area contributed by atoms with E-state index in [0.29, 0.717) is 24.2 Å². The zero-order valence-electron chi connectivity index (χ0n) is 20.1. The maximum atomic E-state index is 12.3. The van der Waals surface area contributed by atoms with Crippen LogP contribution in [0, 0.1) is 0 Å². The Morgan fingerprint density at radius 2 is 1.36 bits per heavy atom. The SMILES string of the molecule is CCCCCCCCCCCCNC(=O)c1ccc(NCc2ccccc2C(=O)O)cc1.N. The van der Waals surface area contributed by atoms with Gasteiger partial charge in [0.2, 0.25) is 0 Å². The normalized spacial score (nSPS) is 10.3. The van der Waals surface area contributed by atoms with E-state index < -0.39 is 5.97 Å². The summed E-state index contributed by atoms with van der Waals surface area (Å²) in [5.74, 6) is -0.986. The number of carboxylic acid groups (broad SMARTS) is 1. The number of hydrogen-bond donors (Lipinski definition) is 4. The Bertz CT molecular complexity index is 822. The largest absolute Gasteiger partial charge is 0.478 e. The number of aromatic carboxylic acids is 1. The lowest BCUT2D eigenvalue weighted by Gasteiger charge is -2.10. The lowest BCUT2D eigenvalue weighted by molar-refractivity contribution is 0.0695. The highest BCUT2D eigenvalue weighted by Crippen LogP contribution is 2.14. The third-order valence-electron chi connectivity index (χ3n) is 5.69. The summed E-state index contributed by atoms with van der Waals surface area (Å²) in [5, 5.41) is 15.5. The Morgan fingerprint density at radius 3 is 1.97 bits per heavy atom. The fourth-order valence-corrected chi connectivity index (χ4v) is 3.74. The predicted molar refractivity (Wildman–Crippen MR) is 136 cm³/mol. The number of benzene rings is 2. The average Bonchev–Trinajstić information content (AvgIpc) is 2.81. The molecule has 0 unspecified atom stereocenters. The second kappa shape index (κ2) is 16.7. The van der Waals surface area contributed by atoms with Crippen molar-refractivity contribution in [3.8, 4) is 0 Å². The van der Waals surface area contributed by atoms with E-state index in [2.05, 4.69) is 17.6 Å². The molecule has 0 bridgehead atoms. The van der Waals surface area contributed by atoms with Gasteiger partial charge in [0.25, 0.3) is 5.91 Å². The summed E-state index contributed by atoms with van der Waals surface area (Å²) in [7, 11) is 0. The molecule has 0 fully saturated rings. The monoisotopic (exact) mass is 455 g/mol. The molecule has 0 saturated carbocycles. The van der Waals surface area contributed by atoms with E-state index in [1.807, 2.05) is 18.2 Å². The summed E-state index contributed by atoms with van der Waals surface area (Å²) in [6.07, 6.45) is 12.8. The van der Waals surface area contributed by atoms with Crippen LogP contribution in [0.15, 0.2) is 48.5 Å². The second-order valence-electron chi connectivity index (χ2n) is 8.33. The molecule has 0 aliphatic heterocycles. The number of carboxylic acids is 1. The minimum absolute atomic E-state index is 0. The number of rotatable bonds is 16. The van der Waals surface area contributed by atoms with Crippen LogP contribution in [-0.4, -0.2) is 23.5 Å². The molecule has 0 atom stereocenters. The summed E-state index contributed by atoms with van der Waals surface area (Å²) >= 11 is 0. The Balaban J connectivity index is 0.00000544. The molecule has 0 radical (unpaired) electrons. The summed E-state index contributed by atoms with van der Waals surface area (Å²) in [4.78, 5) is 23.6. The number of hydrogen-bond acceptors (Lipinski definition) is 4. The molecule has 0 heterocycles. The van der Waals surface area contributed by atoms with Crippen molar-refractivity contribution in [2.45, 2.75) is 77.7 Å². The smallest absolute Gasteiger partial charge is 0.336 e. The summed E-state index contributed by atoms with van der Waals surface area (Å²) in [6, 6.07) is 14.2. The predicted octanol–water partition coefficient (Wildman–Crippen LogP) is 6.81. The van der Waals surface area contributed by atoms with Gasteiger partial charge in [0.15, 0.2) is 0 Å². The third-order valence-corrected chi connectivity index (χ3v) is 5.69. The van der Waals surface area contributed by atoms with E-state index in [-0.39, 0.29) is 12.1 Å². The van der Waals surface area contributed by atoms with Crippen molar-refractivity contribution in [2.24, 2.45) is 0 Å². The van der Waals surface area contributed by atoms with Crippen LogP contribution in [0.4, 0.5) is 5.69 Å². The molecule has 182 valence electrons.